The quantitative estimate of drug-likeness (QED) is 0.874. The fourth-order valence-electron chi connectivity index (χ4n) is 2.41. The molecule has 2 N–H and O–H groups in total. The van der Waals surface area contributed by atoms with Gasteiger partial charge in [-0.2, -0.15) is 4.37 Å². The Balaban J connectivity index is 1.73. The average molecular weight is 312 g/mol. The number of piperidine rings is 1. The van der Waals surface area contributed by atoms with Crippen LogP contribution in [0.3, 0.4) is 0 Å². The number of aliphatic hydroxyl groups excluding tert-OH is 1. The topological polar surface area (TPSA) is 61.3 Å². The predicted octanol–water partition coefficient (Wildman–Crippen LogP) is 2.34. The number of aliphatic hydroxyl groups is 1. The number of likely N-dealkylation sites (tertiary alicyclic amines) is 1. The number of β-amino-alcohol motifs (C(OH)–C–C–N with tert-alkyl or cyclic N) is 1. The molecule has 0 radical (unpaired) electrons. The van der Waals surface area contributed by atoms with Crippen LogP contribution in [0.25, 0.3) is 0 Å². The molecule has 0 spiro atoms. The van der Waals surface area contributed by atoms with E-state index in [2.05, 4.69) is 47.3 Å². The lowest BCUT2D eigenvalue weighted by Gasteiger charge is -2.31. The lowest BCUT2D eigenvalue weighted by Crippen LogP contribution is -2.40. The summed E-state index contributed by atoms with van der Waals surface area (Å²) in [5.74, 6) is 1.68. The molecule has 0 amide bonds. The molecule has 1 atom stereocenters. The van der Waals surface area contributed by atoms with Gasteiger partial charge in [-0.3, -0.25) is 0 Å². The smallest absolute Gasteiger partial charge is 0.202 e. The van der Waals surface area contributed by atoms with Gasteiger partial charge in [-0.05, 0) is 31.8 Å². The molecule has 1 aromatic rings. The van der Waals surface area contributed by atoms with E-state index in [9.17, 15) is 5.11 Å². The van der Waals surface area contributed by atoms with Gasteiger partial charge in [0.1, 0.15) is 5.82 Å². The summed E-state index contributed by atoms with van der Waals surface area (Å²) in [6, 6.07) is 0. The molecule has 1 fully saturated rings. The van der Waals surface area contributed by atoms with E-state index in [4.69, 9.17) is 0 Å². The van der Waals surface area contributed by atoms with Crippen LogP contribution < -0.4 is 5.32 Å². The van der Waals surface area contributed by atoms with Crippen molar-refractivity contribution >= 4 is 16.7 Å². The van der Waals surface area contributed by atoms with Gasteiger partial charge in [-0.15, -0.1) is 0 Å². The van der Waals surface area contributed by atoms with Gasteiger partial charge < -0.3 is 15.3 Å². The molecule has 0 aromatic carbocycles. The van der Waals surface area contributed by atoms with Crippen LogP contribution >= 0.6 is 11.5 Å². The van der Waals surface area contributed by atoms with Crippen LogP contribution in [0.2, 0.25) is 0 Å². The van der Waals surface area contributed by atoms with Gasteiger partial charge in [0.25, 0.3) is 0 Å². The fourth-order valence-corrected chi connectivity index (χ4v) is 3.18. The van der Waals surface area contributed by atoms with Crippen molar-refractivity contribution in [1.82, 2.24) is 14.3 Å². The minimum absolute atomic E-state index is 0.0282. The maximum absolute atomic E-state index is 10.1. The van der Waals surface area contributed by atoms with E-state index in [0.29, 0.717) is 6.54 Å². The van der Waals surface area contributed by atoms with Crippen molar-refractivity contribution in [1.29, 1.82) is 0 Å². The van der Waals surface area contributed by atoms with Crippen molar-refractivity contribution in [2.75, 3.05) is 31.5 Å². The Bertz CT molecular complexity index is 435. The maximum Gasteiger partial charge on any atom is 0.202 e. The number of nitrogens with one attached hydrogen (secondary N) is 1. The Morgan fingerprint density at radius 3 is 2.62 bits per heavy atom. The van der Waals surface area contributed by atoms with Crippen molar-refractivity contribution in [3.8, 4) is 0 Å². The first-order chi connectivity index (χ1) is 9.84. The van der Waals surface area contributed by atoms with E-state index in [1.54, 1.807) is 0 Å². The van der Waals surface area contributed by atoms with Crippen LogP contribution in [0.4, 0.5) is 5.13 Å². The molecule has 1 aliphatic heterocycles. The van der Waals surface area contributed by atoms with Gasteiger partial charge in [0.2, 0.25) is 5.13 Å². The Hall–Kier alpha value is -0.720. The largest absolute Gasteiger partial charge is 0.390 e. The average Bonchev–Trinajstić information content (AvgIpc) is 2.88. The van der Waals surface area contributed by atoms with Gasteiger partial charge in [0, 0.05) is 30.0 Å². The zero-order valence-corrected chi connectivity index (χ0v) is 14.4. The Morgan fingerprint density at radius 2 is 2.05 bits per heavy atom. The second-order valence-corrected chi connectivity index (χ2v) is 7.94. The number of nitrogens with zero attached hydrogens (tertiary/aromatic N) is 3. The summed E-state index contributed by atoms with van der Waals surface area (Å²) in [5, 5.41) is 14.1. The SMILES string of the molecule is CC1CCN(C[C@@H](O)CNc2nc(C(C)(C)C)ns2)CC1. The Kier molecular flexibility index (Phi) is 5.57. The molecule has 21 heavy (non-hydrogen) atoms. The first-order valence-corrected chi connectivity index (χ1v) is 8.60. The van der Waals surface area contributed by atoms with E-state index in [1.165, 1.54) is 24.4 Å². The third-order valence-electron chi connectivity index (χ3n) is 3.93. The van der Waals surface area contributed by atoms with Crippen LogP contribution in [0.15, 0.2) is 0 Å². The maximum atomic E-state index is 10.1. The lowest BCUT2D eigenvalue weighted by molar-refractivity contribution is 0.0990. The zero-order valence-electron chi connectivity index (χ0n) is 13.6. The van der Waals surface area contributed by atoms with Crippen molar-refractivity contribution in [2.24, 2.45) is 5.92 Å². The first kappa shape index (κ1) is 16.6. The van der Waals surface area contributed by atoms with E-state index in [-0.39, 0.29) is 11.5 Å². The molecule has 6 heteroatoms. The van der Waals surface area contributed by atoms with Crippen LogP contribution in [0, 0.1) is 5.92 Å². The summed E-state index contributed by atoms with van der Waals surface area (Å²) in [4.78, 5) is 6.84. The summed E-state index contributed by atoms with van der Waals surface area (Å²) in [6.07, 6.45) is 2.12. The summed E-state index contributed by atoms with van der Waals surface area (Å²) < 4.78 is 4.37. The summed E-state index contributed by atoms with van der Waals surface area (Å²) >= 11 is 1.37. The molecule has 0 bridgehead atoms. The number of rotatable bonds is 5. The number of hydrogen-bond acceptors (Lipinski definition) is 6. The van der Waals surface area contributed by atoms with Gasteiger partial charge in [-0.25, -0.2) is 4.98 Å². The molecular formula is C15H28N4OS. The van der Waals surface area contributed by atoms with E-state index in [0.717, 1.165) is 36.5 Å². The van der Waals surface area contributed by atoms with Crippen LogP contribution in [-0.2, 0) is 5.41 Å². The molecule has 2 rings (SSSR count). The van der Waals surface area contributed by atoms with Crippen molar-refractivity contribution < 1.29 is 5.11 Å². The minimum atomic E-state index is -0.361. The second kappa shape index (κ2) is 7.03. The number of hydrogen-bond donors (Lipinski definition) is 2. The number of aromatic nitrogens is 2. The Morgan fingerprint density at radius 1 is 1.38 bits per heavy atom. The fraction of sp³-hybridized carbons (Fsp3) is 0.867. The monoisotopic (exact) mass is 312 g/mol. The van der Waals surface area contributed by atoms with Crippen molar-refractivity contribution in [2.45, 2.75) is 52.1 Å². The summed E-state index contributed by atoms with van der Waals surface area (Å²) in [7, 11) is 0. The van der Waals surface area contributed by atoms with Crippen LogP contribution in [-0.4, -0.2) is 51.6 Å². The molecule has 2 heterocycles. The molecule has 0 saturated carbocycles. The van der Waals surface area contributed by atoms with E-state index in [1.807, 2.05) is 0 Å². The van der Waals surface area contributed by atoms with Gasteiger partial charge >= 0.3 is 0 Å². The molecule has 1 saturated heterocycles. The third kappa shape index (κ3) is 5.20. The summed E-state index contributed by atoms with van der Waals surface area (Å²) in [6.45, 7) is 12.1. The van der Waals surface area contributed by atoms with Crippen LogP contribution in [0.1, 0.15) is 46.4 Å². The van der Waals surface area contributed by atoms with Crippen molar-refractivity contribution in [3.63, 3.8) is 0 Å². The molecule has 1 aromatic heterocycles. The highest BCUT2D eigenvalue weighted by Gasteiger charge is 2.21. The highest BCUT2D eigenvalue weighted by Crippen LogP contribution is 2.23. The highest BCUT2D eigenvalue weighted by atomic mass is 32.1. The van der Waals surface area contributed by atoms with Crippen molar-refractivity contribution in [3.05, 3.63) is 5.82 Å². The summed E-state index contributed by atoms with van der Waals surface area (Å²) in [5.41, 5.74) is -0.0282. The normalized spacial score (nSPS) is 19.7. The third-order valence-corrected chi connectivity index (χ3v) is 4.60. The molecule has 0 unspecified atom stereocenters. The molecule has 1 aliphatic rings. The zero-order chi connectivity index (χ0) is 15.5. The van der Waals surface area contributed by atoms with Gasteiger partial charge in [0.05, 0.1) is 6.10 Å². The lowest BCUT2D eigenvalue weighted by atomic mass is 9.96. The molecular weight excluding hydrogens is 284 g/mol. The molecule has 5 nitrogen and oxygen atoms in total. The van der Waals surface area contributed by atoms with E-state index < -0.39 is 0 Å². The number of anilines is 1. The molecule has 120 valence electrons. The Labute approximate surface area is 131 Å². The standard InChI is InChI=1S/C15H28N4OS/c1-11-5-7-19(8-6-11)10-12(20)9-16-14-17-13(18-21-14)15(2,3)4/h11-12,20H,5-10H2,1-4H3,(H,16,17,18)/t12-/m0/s1. The van der Waals surface area contributed by atoms with Gasteiger partial charge in [-0.1, -0.05) is 27.7 Å². The highest BCUT2D eigenvalue weighted by molar-refractivity contribution is 7.09. The predicted molar refractivity (Wildman–Crippen MR) is 87.9 cm³/mol. The first-order valence-electron chi connectivity index (χ1n) is 7.83. The molecule has 0 aliphatic carbocycles. The van der Waals surface area contributed by atoms with Crippen LogP contribution in [0.5, 0.6) is 0 Å². The van der Waals surface area contributed by atoms with Gasteiger partial charge in [0.15, 0.2) is 0 Å². The minimum Gasteiger partial charge on any atom is -0.390 e. The second-order valence-electron chi connectivity index (χ2n) is 7.19. The van der Waals surface area contributed by atoms with E-state index >= 15 is 0 Å².